The fourth-order valence-corrected chi connectivity index (χ4v) is 1.28. The van der Waals surface area contributed by atoms with Crippen molar-refractivity contribution in [1.29, 1.82) is 0 Å². The molecular formula is C9H9N5O3. The molecule has 8 nitrogen and oxygen atoms in total. The Kier molecular flexibility index (Phi) is 2.86. The highest BCUT2D eigenvalue weighted by molar-refractivity contribution is 5.65. The summed E-state index contributed by atoms with van der Waals surface area (Å²) in [7, 11) is 0. The van der Waals surface area contributed by atoms with Gasteiger partial charge in [0.25, 0.3) is 5.69 Å². The van der Waals surface area contributed by atoms with E-state index in [2.05, 4.69) is 20.0 Å². The summed E-state index contributed by atoms with van der Waals surface area (Å²) in [5, 5.41) is 17.1. The fraction of sp³-hybridized carbons (Fsp3) is 0.111. The molecular weight excluding hydrogens is 226 g/mol. The van der Waals surface area contributed by atoms with Crippen LogP contribution in [0.2, 0.25) is 0 Å². The Balaban J connectivity index is 2.07. The fourth-order valence-electron chi connectivity index (χ4n) is 1.28. The summed E-state index contributed by atoms with van der Waals surface area (Å²) in [6.07, 6.45) is 1.22. The van der Waals surface area contributed by atoms with Crippen molar-refractivity contribution in [1.82, 2.24) is 10.1 Å². The van der Waals surface area contributed by atoms with Crippen molar-refractivity contribution in [3.8, 4) is 0 Å². The summed E-state index contributed by atoms with van der Waals surface area (Å²) >= 11 is 0. The predicted molar refractivity (Wildman–Crippen MR) is 59.1 cm³/mol. The molecule has 0 aliphatic carbocycles. The molecule has 1 heterocycles. The van der Waals surface area contributed by atoms with E-state index in [1.807, 2.05) is 0 Å². The molecule has 0 unspecified atom stereocenters. The summed E-state index contributed by atoms with van der Waals surface area (Å²) in [5.41, 5.74) is 6.18. The molecule has 2 rings (SSSR count). The first-order valence-electron chi connectivity index (χ1n) is 4.70. The topological polar surface area (TPSA) is 120 Å². The second kappa shape index (κ2) is 4.47. The van der Waals surface area contributed by atoms with Gasteiger partial charge in [0.15, 0.2) is 5.82 Å². The first-order valence-corrected chi connectivity index (χ1v) is 4.70. The Hall–Kier alpha value is -2.64. The minimum Gasteiger partial charge on any atom is -0.393 e. The van der Waals surface area contributed by atoms with Gasteiger partial charge in [-0.1, -0.05) is 5.16 Å². The lowest BCUT2D eigenvalue weighted by Gasteiger charge is -2.04. The van der Waals surface area contributed by atoms with Crippen LogP contribution in [0.3, 0.4) is 0 Å². The number of anilines is 2. The SMILES string of the molecule is Nc1cc(NCc2ncon2)ccc1[N+](=O)[O-]. The first kappa shape index (κ1) is 10.9. The van der Waals surface area contributed by atoms with Crippen LogP contribution in [0.5, 0.6) is 0 Å². The van der Waals surface area contributed by atoms with Gasteiger partial charge < -0.3 is 15.6 Å². The first-order chi connectivity index (χ1) is 8.16. The van der Waals surface area contributed by atoms with Crippen molar-refractivity contribution in [2.24, 2.45) is 0 Å². The molecule has 2 aromatic rings. The van der Waals surface area contributed by atoms with Crippen LogP contribution < -0.4 is 11.1 Å². The van der Waals surface area contributed by atoms with E-state index >= 15 is 0 Å². The normalized spacial score (nSPS) is 10.1. The average Bonchev–Trinajstić information content (AvgIpc) is 2.78. The molecule has 0 aliphatic heterocycles. The number of nitrogens with two attached hydrogens (primary N) is 1. The van der Waals surface area contributed by atoms with E-state index in [1.54, 1.807) is 6.07 Å². The van der Waals surface area contributed by atoms with Crippen molar-refractivity contribution < 1.29 is 9.45 Å². The Bertz CT molecular complexity index is 525. The highest BCUT2D eigenvalue weighted by Gasteiger charge is 2.11. The predicted octanol–water partition coefficient (Wildman–Crippen LogP) is 1.17. The van der Waals surface area contributed by atoms with Gasteiger partial charge in [0.05, 0.1) is 11.5 Å². The monoisotopic (exact) mass is 235 g/mol. The Morgan fingerprint density at radius 2 is 2.35 bits per heavy atom. The van der Waals surface area contributed by atoms with Gasteiger partial charge in [0, 0.05) is 11.8 Å². The van der Waals surface area contributed by atoms with Gasteiger partial charge in [0.2, 0.25) is 6.39 Å². The van der Waals surface area contributed by atoms with Crippen LogP contribution in [0.4, 0.5) is 17.1 Å². The summed E-state index contributed by atoms with van der Waals surface area (Å²) < 4.78 is 4.56. The van der Waals surface area contributed by atoms with Gasteiger partial charge in [-0.2, -0.15) is 4.98 Å². The summed E-state index contributed by atoms with van der Waals surface area (Å²) in [4.78, 5) is 13.8. The molecule has 8 heteroatoms. The molecule has 0 radical (unpaired) electrons. The number of nitro groups is 1. The van der Waals surface area contributed by atoms with Crippen molar-refractivity contribution >= 4 is 17.1 Å². The Labute approximate surface area is 95.6 Å². The van der Waals surface area contributed by atoms with Crippen molar-refractivity contribution in [2.45, 2.75) is 6.54 Å². The van der Waals surface area contributed by atoms with E-state index in [0.717, 1.165) is 0 Å². The number of rotatable bonds is 4. The maximum atomic E-state index is 10.6. The van der Waals surface area contributed by atoms with E-state index in [1.165, 1.54) is 18.5 Å². The second-order valence-electron chi connectivity index (χ2n) is 3.23. The van der Waals surface area contributed by atoms with Crippen LogP contribution in [0.25, 0.3) is 0 Å². The van der Waals surface area contributed by atoms with Gasteiger partial charge in [-0.15, -0.1) is 0 Å². The van der Waals surface area contributed by atoms with Gasteiger partial charge in [0.1, 0.15) is 5.69 Å². The lowest BCUT2D eigenvalue weighted by atomic mass is 10.2. The molecule has 0 fully saturated rings. The highest BCUT2D eigenvalue weighted by Crippen LogP contribution is 2.24. The molecule has 0 aliphatic rings. The van der Waals surface area contributed by atoms with E-state index < -0.39 is 4.92 Å². The lowest BCUT2D eigenvalue weighted by Crippen LogP contribution is -2.02. The molecule has 3 N–H and O–H groups in total. The molecule has 88 valence electrons. The van der Waals surface area contributed by atoms with E-state index in [-0.39, 0.29) is 11.4 Å². The van der Waals surface area contributed by atoms with Crippen LogP contribution >= 0.6 is 0 Å². The van der Waals surface area contributed by atoms with Gasteiger partial charge in [-0.05, 0) is 12.1 Å². The minimum atomic E-state index is -0.529. The zero-order valence-corrected chi connectivity index (χ0v) is 8.66. The second-order valence-corrected chi connectivity index (χ2v) is 3.23. The molecule has 1 aromatic heterocycles. The largest absolute Gasteiger partial charge is 0.393 e. The van der Waals surface area contributed by atoms with Crippen molar-refractivity contribution in [3.05, 3.63) is 40.5 Å². The third-order valence-electron chi connectivity index (χ3n) is 2.08. The molecule has 17 heavy (non-hydrogen) atoms. The number of aromatic nitrogens is 2. The standard InChI is InChI=1S/C9H9N5O3/c10-7-3-6(1-2-8(7)14(15)16)11-4-9-12-5-17-13-9/h1-3,5,11H,4,10H2. The third kappa shape index (κ3) is 2.48. The third-order valence-corrected chi connectivity index (χ3v) is 2.08. The maximum Gasteiger partial charge on any atom is 0.292 e. The highest BCUT2D eigenvalue weighted by atomic mass is 16.6. The minimum absolute atomic E-state index is 0.105. The summed E-state index contributed by atoms with van der Waals surface area (Å²) in [5.74, 6) is 0.488. The summed E-state index contributed by atoms with van der Waals surface area (Å²) in [6, 6.07) is 4.39. The number of nitrogens with zero attached hydrogens (tertiary/aromatic N) is 3. The number of hydrogen-bond donors (Lipinski definition) is 2. The van der Waals surface area contributed by atoms with Gasteiger partial charge in [-0.25, -0.2) is 0 Å². The zero-order valence-electron chi connectivity index (χ0n) is 8.66. The van der Waals surface area contributed by atoms with Crippen LogP contribution in [0, 0.1) is 10.1 Å². The van der Waals surface area contributed by atoms with Gasteiger partial charge in [-0.3, -0.25) is 10.1 Å². The van der Waals surface area contributed by atoms with Crippen LogP contribution in [0.1, 0.15) is 5.82 Å². The van der Waals surface area contributed by atoms with Crippen LogP contribution in [-0.4, -0.2) is 15.1 Å². The van der Waals surface area contributed by atoms with E-state index in [0.29, 0.717) is 18.1 Å². The van der Waals surface area contributed by atoms with Crippen molar-refractivity contribution in [2.75, 3.05) is 11.1 Å². The number of benzene rings is 1. The molecule has 0 spiro atoms. The molecule has 0 saturated heterocycles. The van der Waals surface area contributed by atoms with Crippen LogP contribution in [-0.2, 0) is 6.54 Å². The maximum absolute atomic E-state index is 10.6. The van der Waals surface area contributed by atoms with E-state index in [4.69, 9.17) is 5.73 Å². The Morgan fingerprint density at radius 1 is 1.53 bits per heavy atom. The molecule has 0 saturated carbocycles. The quantitative estimate of drug-likeness (QED) is 0.463. The van der Waals surface area contributed by atoms with Crippen molar-refractivity contribution in [3.63, 3.8) is 0 Å². The number of nitro benzene ring substituents is 1. The molecule has 0 bridgehead atoms. The number of nitrogens with one attached hydrogen (secondary N) is 1. The summed E-state index contributed by atoms with van der Waals surface area (Å²) in [6.45, 7) is 0.355. The van der Waals surface area contributed by atoms with Crippen LogP contribution in [0.15, 0.2) is 29.1 Å². The molecule has 1 aromatic carbocycles. The molecule has 0 amide bonds. The lowest BCUT2D eigenvalue weighted by molar-refractivity contribution is -0.383. The average molecular weight is 235 g/mol. The van der Waals surface area contributed by atoms with E-state index in [9.17, 15) is 10.1 Å². The molecule has 0 atom stereocenters. The number of hydrogen-bond acceptors (Lipinski definition) is 7. The number of nitrogen functional groups attached to an aromatic ring is 1. The zero-order chi connectivity index (χ0) is 12.3. The smallest absolute Gasteiger partial charge is 0.292 e. The van der Waals surface area contributed by atoms with Gasteiger partial charge >= 0.3 is 0 Å². The Morgan fingerprint density at radius 3 is 2.94 bits per heavy atom.